The summed E-state index contributed by atoms with van der Waals surface area (Å²) in [6.07, 6.45) is 0. The summed E-state index contributed by atoms with van der Waals surface area (Å²) in [7, 11) is -3.92. The second-order valence-corrected chi connectivity index (χ2v) is 9.26. The number of benzene rings is 2. The summed E-state index contributed by atoms with van der Waals surface area (Å²) < 4.78 is 53.7. The van der Waals surface area contributed by atoms with Crippen molar-refractivity contribution in [3.8, 4) is 0 Å². The number of thiophene rings is 1. The summed E-state index contributed by atoms with van der Waals surface area (Å²) in [5, 5.41) is 3.16. The van der Waals surface area contributed by atoms with Crippen LogP contribution in [0.25, 0.3) is 0 Å². The van der Waals surface area contributed by atoms with Crippen LogP contribution >= 0.6 is 11.3 Å². The predicted octanol–water partition coefficient (Wildman–Crippen LogP) is 4.28. The summed E-state index contributed by atoms with van der Waals surface area (Å²) in [6, 6.07) is 12.4. The van der Waals surface area contributed by atoms with Crippen molar-refractivity contribution in [1.29, 1.82) is 0 Å². The van der Waals surface area contributed by atoms with Gasteiger partial charge in [0, 0.05) is 11.4 Å². The number of hydrogen-bond acceptors (Lipinski definition) is 4. The molecular weight excluding hydrogens is 404 g/mol. The Morgan fingerprint density at radius 2 is 1.82 bits per heavy atom. The number of carbonyl (C=O) groups is 1. The maximum absolute atomic E-state index is 13.8. The Labute approximate surface area is 165 Å². The van der Waals surface area contributed by atoms with E-state index in [-0.39, 0.29) is 22.6 Å². The van der Waals surface area contributed by atoms with E-state index in [0.29, 0.717) is 4.88 Å². The van der Waals surface area contributed by atoms with Gasteiger partial charge in [-0.1, -0.05) is 18.2 Å². The highest BCUT2D eigenvalue weighted by atomic mass is 32.2. The Morgan fingerprint density at radius 3 is 2.46 bits per heavy atom. The molecule has 1 atom stereocenters. The van der Waals surface area contributed by atoms with Gasteiger partial charge in [0.1, 0.15) is 16.9 Å². The zero-order valence-corrected chi connectivity index (χ0v) is 16.5. The number of sulfone groups is 1. The standard InChI is InChI=1S/C20H17F2NO3S2/c1-13-11-14(8-9-16(13)21)28(25,26)19(18-7-4-10-27-18)12-23-20(24)15-5-2-3-6-17(15)22/h2-11,19H,12H2,1H3,(H,23,24). The molecule has 4 nitrogen and oxygen atoms in total. The van der Waals surface area contributed by atoms with E-state index in [4.69, 9.17) is 0 Å². The van der Waals surface area contributed by atoms with Crippen LogP contribution in [-0.2, 0) is 9.84 Å². The molecule has 1 unspecified atom stereocenters. The average Bonchev–Trinajstić information content (AvgIpc) is 3.18. The number of nitrogens with one attached hydrogen (secondary N) is 1. The van der Waals surface area contributed by atoms with Gasteiger partial charge in [0.25, 0.3) is 5.91 Å². The predicted molar refractivity (Wildman–Crippen MR) is 104 cm³/mol. The molecular formula is C20H17F2NO3S2. The molecule has 0 radical (unpaired) electrons. The number of carbonyl (C=O) groups excluding carboxylic acids is 1. The molecule has 0 aliphatic heterocycles. The molecule has 1 amide bonds. The van der Waals surface area contributed by atoms with Crippen LogP contribution in [0.4, 0.5) is 8.78 Å². The molecule has 0 aliphatic carbocycles. The zero-order chi connectivity index (χ0) is 20.3. The molecule has 3 aromatic rings. The van der Waals surface area contributed by atoms with E-state index in [0.717, 1.165) is 12.1 Å². The summed E-state index contributed by atoms with van der Waals surface area (Å²) in [4.78, 5) is 12.8. The van der Waals surface area contributed by atoms with Crippen molar-refractivity contribution in [2.24, 2.45) is 0 Å². The summed E-state index contributed by atoms with van der Waals surface area (Å²) in [5.41, 5.74) is 0.0452. The maximum atomic E-state index is 13.8. The van der Waals surface area contributed by atoms with Gasteiger partial charge in [-0.15, -0.1) is 11.3 Å². The third kappa shape index (κ3) is 4.13. The van der Waals surface area contributed by atoms with Crippen LogP contribution in [-0.4, -0.2) is 20.9 Å². The SMILES string of the molecule is Cc1cc(S(=O)(=O)C(CNC(=O)c2ccccc2F)c2cccs2)ccc1F. The lowest BCUT2D eigenvalue weighted by Gasteiger charge is -2.18. The van der Waals surface area contributed by atoms with Crippen molar-refractivity contribution in [2.45, 2.75) is 17.1 Å². The molecule has 0 saturated carbocycles. The zero-order valence-electron chi connectivity index (χ0n) is 14.9. The minimum Gasteiger partial charge on any atom is -0.350 e. The molecule has 28 heavy (non-hydrogen) atoms. The highest BCUT2D eigenvalue weighted by Crippen LogP contribution is 2.32. The van der Waals surface area contributed by atoms with E-state index in [9.17, 15) is 22.0 Å². The van der Waals surface area contributed by atoms with Gasteiger partial charge in [-0.25, -0.2) is 17.2 Å². The molecule has 0 aliphatic rings. The third-order valence-electron chi connectivity index (χ3n) is 4.26. The van der Waals surface area contributed by atoms with E-state index in [1.165, 1.54) is 48.6 Å². The summed E-state index contributed by atoms with van der Waals surface area (Å²) in [5.74, 6) is -1.89. The lowest BCUT2D eigenvalue weighted by atomic mass is 10.2. The molecule has 1 N–H and O–H groups in total. The van der Waals surface area contributed by atoms with Crippen LogP contribution in [0.5, 0.6) is 0 Å². The number of halogens is 2. The molecule has 0 spiro atoms. The van der Waals surface area contributed by atoms with E-state index in [2.05, 4.69) is 5.32 Å². The Kier molecular flexibility index (Phi) is 5.90. The van der Waals surface area contributed by atoms with Crippen molar-refractivity contribution in [2.75, 3.05) is 6.54 Å². The van der Waals surface area contributed by atoms with Crippen LogP contribution in [0.15, 0.2) is 64.9 Å². The van der Waals surface area contributed by atoms with Gasteiger partial charge in [-0.3, -0.25) is 4.79 Å². The van der Waals surface area contributed by atoms with Gasteiger partial charge in [0.05, 0.1) is 10.5 Å². The second kappa shape index (κ2) is 8.20. The molecule has 8 heteroatoms. The molecule has 0 bridgehead atoms. The maximum Gasteiger partial charge on any atom is 0.254 e. The van der Waals surface area contributed by atoms with E-state index in [1.54, 1.807) is 17.5 Å². The van der Waals surface area contributed by atoms with Gasteiger partial charge in [0.15, 0.2) is 9.84 Å². The van der Waals surface area contributed by atoms with Crippen LogP contribution in [0, 0.1) is 18.6 Å². The highest BCUT2D eigenvalue weighted by molar-refractivity contribution is 7.91. The molecule has 1 heterocycles. The van der Waals surface area contributed by atoms with Crippen LogP contribution in [0.3, 0.4) is 0 Å². The van der Waals surface area contributed by atoms with Crippen molar-refractivity contribution in [3.05, 3.63) is 87.6 Å². The fourth-order valence-corrected chi connectivity index (χ4v) is 5.59. The second-order valence-electron chi connectivity index (χ2n) is 6.15. The van der Waals surface area contributed by atoms with Gasteiger partial charge in [-0.05, 0) is 54.3 Å². The van der Waals surface area contributed by atoms with E-state index < -0.39 is 32.6 Å². The van der Waals surface area contributed by atoms with E-state index >= 15 is 0 Å². The lowest BCUT2D eigenvalue weighted by Crippen LogP contribution is -2.32. The molecule has 0 fully saturated rings. The Balaban J connectivity index is 1.91. The Bertz CT molecular complexity index is 1100. The van der Waals surface area contributed by atoms with Crippen molar-refractivity contribution < 1.29 is 22.0 Å². The van der Waals surface area contributed by atoms with Crippen LogP contribution in [0.1, 0.15) is 26.0 Å². The quantitative estimate of drug-likeness (QED) is 0.605. The van der Waals surface area contributed by atoms with Gasteiger partial charge in [0.2, 0.25) is 0 Å². The fourth-order valence-electron chi connectivity index (χ4n) is 2.72. The first kappa shape index (κ1) is 20.2. The van der Waals surface area contributed by atoms with E-state index in [1.807, 2.05) is 0 Å². The largest absolute Gasteiger partial charge is 0.350 e. The Hall–Kier alpha value is -2.58. The molecule has 146 valence electrons. The summed E-state index contributed by atoms with van der Waals surface area (Å²) in [6.45, 7) is 1.24. The number of amides is 1. The lowest BCUT2D eigenvalue weighted by molar-refractivity contribution is 0.0949. The minimum absolute atomic E-state index is 0.0371. The fraction of sp³-hybridized carbons (Fsp3) is 0.150. The average molecular weight is 421 g/mol. The highest BCUT2D eigenvalue weighted by Gasteiger charge is 2.31. The smallest absolute Gasteiger partial charge is 0.254 e. The third-order valence-corrected chi connectivity index (χ3v) is 7.48. The van der Waals surface area contributed by atoms with Crippen LogP contribution < -0.4 is 5.32 Å². The number of aryl methyl sites for hydroxylation is 1. The Morgan fingerprint density at radius 1 is 1.07 bits per heavy atom. The molecule has 2 aromatic carbocycles. The van der Waals surface area contributed by atoms with Crippen molar-refractivity contribution in [1.82, 2.24) is 5.32 Å². The monoisotopic (exact) mass is 421 g/mol. The molecule has 1 aromatic heterocycles. The number of rotatable bonds is 6. The number of hydrogen-bond donors (Lipinski definition) is 1. The van der Waals surface area contributed by atoms with Gasteiger partial charge < -0.3 is 5.32 Å². The first-order valence-corrected chi connectivity index (χ1v) is 10.8. The molecule has 0 saturated heterocycles. The normalized spacial score (nSPS) is 12.5. The molecule has 3 rings (SSSR count). The minimum atomic E-state index is -3.92. The van der Waals surface area contributed by atoms with Crippen LogP contribution in [0.2, 0.25) is 0 Å². The van der Waals surface area contributed by atoms with Gasteiger partial charge in [-0.2, -0.15) is 0 Å². The first-order chi connectivity index (χ1) is 13.3. The topological polar surface area (TPSA) is 63.2 Å². The summed E-state index contributed by atoms with van der Waals surface area (Å²) >= 11 is 1.23. The van der Waals surface area contributed by atoms with Crippen molar-refractivity contribution in [3.63, 3.8) is 0 Å². The first-order valence-electron chi connectivity index (χ1n) is 8.37. The van der Waals surface area contributed by atoms with Gasteiger partial charge >= 0.3 is 0 Å². The van der Waals surface area contributed by atoms with Crippen molar-refractivity contribution >= 4 is 27.1 Å².